The van der Waals surface area contributed by atoms with E-state index in [1.807, 2.05) is 6.92 Å². The van der Waals surface area contributed by atoms with Crippen molar-refractivity contribution in [1.29, 1.82) is 0 Å². The normalized spacial score (nSPS) is 15.3. The molecule has 1 saturated heterocycles. The third kappa shape index (κ3) is 2.48. The fourth-order valence-electron chi connectivity index (χ4n) is 3.43. The van der Waals surface area contributed by atoms with Gasteiger partial charge in [-0.15, -0.1) is 10.2 Å². The van der Waals surface area contributed by atoms with Crippen LogP contribution in [0.4, 0.5) is 11.4 Å². The number of hydrogen-bond acceptors (Lipinski definition) is 5. The molecule has 2 aromatic heterocycles. The van der Waals surface area contributed by atoms with E-state index in [9.17, 15) is 0 Å². The summed E-state index contributed by atoms with van der Waals surface area (Å²) in [7, 11) is 0. The van der Waals surface area contributed by atoms with Gasteiger partial charge in [0.1, 0.15) is 6.33 Å². The van der Waals surface area contributed by atoms with Crippen LogP contribution < -0.4 is 9.80 Å². The summed E-state index contributed by atoms with van der Waals surface area (Å²) in [5, 5.41) is 12.7. The van der Waals surface area contributed by atoms with Crippen molar-refractivity contribution in [2.45, 2.75) is 20.8 Å². The molecule has 0 atom stereocenters. The van der Waals surface area contributed by atoms with Gasteiger partial charge in [-0.2, -0.15) is 9.61 Å². The molecule has 6 nitrogen and oxygen atoms in total. The van der Waals surface area contributed by atoms with Crippen LogP contribution in [0.15, 0.2) is 30.6 Å². The molecule has 0 saturated carbocycles. The first kappa shape index (κ1) is 14.9. The molecule has 1 fully saturated rings. The summed E-state index contributed by atoms with van der Waals surface area (Å²) in [5.74, 6) is 0. The molecule has 0 aliphatic carbocycles. The smallest absolute Gasteiger partial charge is 0.200 e. The molecule has 0 N–H and O–H groups in total. The Labute approximate surface area is 141 Å². The highest BCUT2D eigenvalue weighted by molar-refractivity contribution is 5.69. The number of aromatic nitrogens is 4. The summed E-state index contributed by atoms with van der Waals surface area (Å²) < 4.78 is 1.77. The van der Waals surface area contributed by atoms with E-state index < -0.39 is 0 Å². The summed E-state index contributed by atoms with van der Waals surface area (Å²) in [6.07, 6.45) is 1.66. The lowest BCUT2D eigenvalue weighted by Crippen LogP contribution is -2.47. The van der Waals surface area contributed by atoms with Gasteiger partial charge in [0.25, 0.3) is 0 Å². The first-order valence-corrected chi connectivity index (χ1v) is 8.37. The van der Waals surface area contributed by atoms with Gasteiger partial charge in [0, 0.05) is 31.9 Å². The molecule has 3 heterocycles. The van der Waals surface area contributed by atoms with Crippen molar-refractivity contribution in [3.8, 4) is 0 Å². The van der Waals surface area contributed by atoms with Crippen molar-refractivity contribution in [1.82, 2.24) is 19.8 Å². The Kier molecular flexibility index (Phi) is 3.59. The first-order chi connectivity index (χ1) is 11.6. The Hall–Kier alpha value is -2.63. The molecule has 0 spiro atoms. The van der Waals surface area contributed by atoms with Crippen molar-refractivity contribution in [2.24, 2.45) is 0 Å². The van der Waals surface area contributed by atoms with Gasteiger partial charge in [-0.1, -0.05) is 12.1 Å². The van der Waals surface area contributed by atoms with Crippen molar-refractivity contribution in [2.75, 3.05) is 36.0 Å². The van der Waals surface area contributed by atoms with E-state index in [1.54, 1.807) is 10.8 Å². The van der Waals surface area contributed by atoms with Crippen molar-refractivity contribution in [3.63, 3.8) is 0 Å². The lowest BCUT2D eigenvalue weighted by molar-refractivity contribution is 0.651. The van der Waals surface area contributed by atoms with E-state index in [-0.39, 0.29) is 0 Å². The molecule has 0 amide bonds. The van der Waals surface area contributed by atoms with Gasteiger partial charge < -0.3 is 9.80 Å². The van der Waals surface area contributed by atoms with Crippen molar-refractivity contribution < 1.29 is 0 Å². The summed E-state index contributed by atoms with van der Waals surface area (Å²) in [5.41, 5.74) is 7.03. The molecule has 1 aliphatic heterocycles. The third-order valence-electron chi connectivity index (χ3n) is 4.91. The monoisotopic (exact) mass is 322 g/mol. The second-order valence-electron chi connectivity index (χ2n) is 6.46. The standard InChI is InChI=1S/C18H22N6/c1-13-5-4-6-16(15(13)3)22-7-9-23(10-8-22)17-11-14(2)21-24-12-19-20-18(17)24/h4-6,11-12H,7-10H2,1-3H3. The Bertz CT molecular complexity index is 876. The maximum Gasteiger partial charge on any atom is 0.200 e. The van der Waals surface area contributed by atoms with Crippen LogP contribution in [0.1, 0.15) is 16.8 Å². The molecule has 0 bridgehead atoms. The molecular formula is C18H22N6. The summed E-state index contributed by atoms with van der Waals surface area (Å²) in [6, 6.07) is 8.66. The van der Waals surface area contributed by atoms with Crippen LogP contribution in [0.5, 0.6) is 0 Å². The minimum Gasteiger partial charge on any atom is -0.368 e. The van der Waals surface area contributed by atoms with Crippen LogP contribution in [-0.4, -0.2) is 46.0 Å². The minimum absolute atomic E-state index is 0.834. The Balaban J connectivity index is 1.58. The number of piperazine rings is 1. The van der Waals surface area contributed by atoms with E-state index in [2.05, 4.69) is 63.2 Å². The molecule has 0 unspecified atom stereocenters. The molecule has 124 valence electrons. The molecule has 3 aromatic rings. The van der Waals surface area contributed by atoms with Crippen LogP contribution in [-0.2, 0) is 0 Å². The van der Waals surface area contributed by atoms with Gasteiger partial charge in [0.2, 0.25) is 5.65 Å². The average Bonchev–Trinajstić information content (AvgIpc) is 3.05. The zero-order valence-electron chi connectivity index (χ0n) is 14.4. The van der Waals surface area contributed by atoms with E-state index in [0.717, 1.165) is 43.2 Å². The molecule has 4 rings (SSSR count). The highest BCUT2D eigenvalue weighted by Gasteiger charge is 2.21. The lowest BCUT2D eigenvalue weighted by Gasteiger charge is -2.38. The third-order valence-corrected chi connectivity index (χ3v) is 4.91. The van der Waals surface area contributed by atoms with Crippen LogP contribution in [0.25, 0.3) is 5.65 Å². The van der Waals surface area contributed by atoms with E-state index in [1.165, 1.54) is 16.8 Å². The predicted molar refractivity (Wildman–Crippen MR) is 95.9 cm³/mol. The minimum atomic E-state index is 0.834. The van der Waals surface area contributed by atoms with Crippen molar-refractivity contribution >= 4 is 17.0 Å². The summed E-state index contributed by atoms with van der Waals surface area (Å²) >= 11 is 0. The molecule has 1 aliphatic rings. The maximum absolute atomic E-state index is 4.43. The highest BCUT2D eigenvalue weighted by atomic mass is 15.4. The van der Waals surface area contributed by atoms with E-state index in [0.29, 0.717) is 0 Å². The SMILES string of the molecule is Cc1cc(N2CCN(c3cccc(C)c3C)CC2)c2nncn2n1. The number of hydrogen-bond donors (Lipinski definition) is 0. The van der Waals surface area contributed by atoms with Crippen LogP contribution in [0.2, 0.25) is 0 Å². The maximum atomic E-state index is 4.43. The molecule has 1 aromatic carbocycles. The number of rotatable bonds is 2. The first-order valence-electron chi connectivity index (χ1n) is 8.37. The number of aryl methyl sites for hydroxylation is 2. The average molecular weight is 322 g/mol. The van der Waals surface area contributed by atoms with E-state index >= 15 is 0 Å². The van der Waals surface area contributed by atoms with E-state index in [4.69, 9.17) is 0 Å². The van der Waals surface area contributed by atoms with Gasteiger partial charge in [-0.25, -0.2) is 0 Å². The summed E-state index contributed by atoms with van der Waals surface area (Å²) in [6.45, 7) is 10.4. The van der Waals surface area contributed by atoms with Gasteiger partial charge in [-0.3, -0.25) is 0 Å². The molecule has 6 heteroatoms. The fraction of sp³-hybridized carbons (Fsp3) is 0.389. The summed E-state index contributed by atoms with van der Waals surface area (Å²) in [4.78, 5) is 4.87. The second-order valence-corrected chi connectivity index (χ2v) is 6.46. The zero-order chi connectivity index (χ0) is 16.7. The molecule has 24 heavy (non-hydrogen) atoms. The van der Waals surface area contributed by atoms with Crippen LogP contribution >= 0.6 is 0 Å². The fourth-order valence-corrected chi connectivity index (χ4v) is 3.43. The Morgan fingerprint density at radius 3 is 2.38 bits per heavy atom. The van der Waals surface area contributed by atoms with Crippen molar-refractivity contribution in [3.05, 3.63) is 47.4 Å². The van der Waals surface area contributed by atoms with Gasteiger partial charge in [0.15, 0.2) is 0 Å². The topological polar surface area (TPSA) is 49.6 Å². The number of fused-ring (bicyclic) bond motifs is 1. The Morgan fingerprint density at radius 2 is 1.62 bits per heavy atom. The molecular weight excluding hydrogens is 300 g/mol. The number of anilines is 2. The van der Waals surface area contributed by atoms with Gasteiger partial charge in [0.05, 0.1) is 11.4 Å². The predicted octanol–water partition coefficient (Wildman–Crippen LogP) is 2.38. The quantitative estimate of drug-likeness (QED) is 0.725. The zero-order valence-corrected chi connectivity index (χ0v) is 14.4. The van der Waals surface area contributed by atoms with Crippen LogP contribution in [0.3, 0.4) is 0 Å². The van der Waals surface area contributed by atoms with Gasteiger partial charge in [-0.05, 0) is 44.0 Å². The number of benzene rings is 1. The second kappa shape index (κ2) is 5.78. The highest BCUT2D eigenvalue weighted by Crippen LogP contribution is 2.26. The largest absolute Gasteiger partial charge is 0.368 e. The lowest BCUT2D eigenvalue weighted by atomic mass is 10.1. The Morgan fingerprint density at radius 1 is 0.917 bits per heavy atom. The van der Waals surface area contributed by atoms with Crippen LogP contribution in [0, 0.1) is 20.8 Å². The number of nitrogens with zero attached hydrogens (tertiary/aromatic N) is 6. The molecule has 0 radical (unpaired) electrons. The van der Waals surface area contributed by atoms with Gasteiger partial charge >= 0.3 is 0 Å².